The van der Waals surface area contributed by atoms with Crippen LogP contribution in [0.3, 0.4) is 0 Å². The van der Waals surface area contributed by atoms with E-state index in [0.717, 1.165) is 44.3 Å². The summed E-state index contributed by atoms with van der Waals surface area (Å²) in [5.74, 6) is 1.81. The summed E-state index contributed by atoms with van der Waals surface area (Å²) in [6.45, 7) is 8.28. The van der Waals surface area contributed by atoms with Gasteiger partial charge in [-0.3, -0.25) is 9.79 Å². The van der Waals surface area contributed by atoms with E-state index < -0.39 is 0 Å². The predicted octanol–water partition coefficient (Wildman–Crippen LogP) is 2.32. The molecular weight excluding hydrogens is 469 g/mol. The molecule has 0 bridgehead atoms. The molecule has 1 aliphatic heterocycles. The van der Waals surface area contributed by atoms with Crippen molar-refractivity contribution in [2.75, 3.05) is 51.8 Å². The Morgan fingerprint density at radius 2 is 2.00 bits per heavy atom. The number of benzene rings is 1. The van der Waals surface area contributed by atoms with Crippen molar-refractivity contribution in [3.05, 3.63) is 24.3 Å². The highest BCUT2D eigenvalue weighted by atomic mass is 127. The topological polar surface area (TPSA) is 69.2 Å². The number of nitrogens with zero attached hydrogens (tertiary/aromatic N) is 3. The van der Waals surface area contributed by atoms with Gasteiger partial charge in [0.05, 0.1) is 7.11 Å². The maximum Gasteiger partial charge on any atom is 0.221 e. The van der Waals surface area contributed by atoms with Gasteiger partial charge in [0.1, 0.15) is 5.75 Å². The molecule has 1 heterocycles. The third-order valence-electron chi connectivity index (χ3n) is 4.86. The quantitative estimate of drug-likeness (QED) is 0.340. The molecule has 0 aliphatic carbocycles. The average molecular weight is 503 g/mol. The summed E-state index contributed by atoms with van der Waals surface area (Å²) in [4.78, 5) is 20.9. The van der Waals surface area contributed by atoms with Crippen LogP contribution >= 0.6 is 24.0 Å². The number of hydrogen-bond donors (Lipinski definition) is 2. The Hall–Kier alpha value is -1.71. The zero-order valence-corrected chi connectivity index (χ0v) is 19.7. The summed E-state index contributed by atoms with van der Waals surface area (Å²) in [6, 6.07) is 8.38. The Balaban J connectivity index is 0.00000392. The SMILES string of the molecule is CCC(C)NC(=O)CCNC(=NC)N1CCN(c2cccc(OC)c2)CC1.I. The van der Waals surface area contributed by atoms with Gasteiger partial charge in [0.25, 0.3) is 0 Å². The summed E-state index contributed by atoms with van der Waals surface area (Å²) in [5, 5.41) is 6.30. The second kappa shape index (κ2) is 12.7. The number of hydrogen-bond acceptors (Lipinski definition) is 4. The van der Waals surface area contributed by atoms with Gasteiger partial charge in [0.15, 0.2) is 5.96 Å². The largest absolute Gasteiger partial charge is 0.497 e. The number of rotatable bonds is 7. The van der Waals surface area contributed by atoms with E-state index in [1.165, 1.54) is 5.69 Å². The lowest BCUT2D eigenvalue weighted by Crippen LogP contribution is -2.53. The fourth-order valence-electron chi connectivity index (χ4n) is 3.05. The Kier molecular flexibility index (Phi) is 11.0. The van der Waals surface area contributed by atoms with Crippen molar-refractivity contribution in [1.29, 1.82) is 0 Å². The number of amides is 1. The molecule has 1 aromatic carbocycles. The number of piperazine rings is 1. The first-order valence-electron chi connectivity index (χ1n) is 9.71. The second-order valence-electron chi connectivity index (χ2n) is 6.78. The Labute approximate surface area is 185 Å². The van der Waals surface area contributed by atoms with E-state index in [1.54, 1.807) is 14.2 Å². The minimum absolute atomic E-state index is 0. The van der Waals surface area contributed by atoms with Gasteiger partial charge in [-0.1, -0.05) is 13.0 Å². The van der Waals surface area contributed by atoms with Gasteiger partial charge in [-0.25, -0.2) is 0 Å². The molecule has 2 N–H and O–H groups in total. The first kappa shape index (κ1) is 24.3. The number of nitrogens with one attached hydrogen (secondary N) is 2. The van der Waals surface area contributed by atoms with Crippen LogP contribution in [0.15, 0.2) is 29.3 Å². The lowest BCUT2D eigenvalue weighted by Gasteiger charge is -2.37. The van der Waals surface area contributed by atoms with Crippen LogP contribution in [0.4, 0.5) is 5.69 Å². The van der Waals surface area contributed by atoms with Gasteiger partial charge >= 0.3 is 0 Å². The van der Waals surface area contributed by atoms with Gasteiger partial charge in [-0.15, -0.1) is 24.0 Å². The molecule has 1 saturated heterocycles. The van der Waals surface area contributed by atoms with Crippen LogP contribution in [0, 0.1) is 0 Å². The lowest BCUT2D eigenvalue weighted by atomic mass is 10.2. The van der Waals surface area contributed by atoms with Crippen molar-refractivity contribution in [1.82, 2.24) is 15.5 Å². The minimum atomic E-state index is 0. The standard InChI is InChI=1S/C20H33N5O2.HI/c1-5-16(2)23-19(26)9-10-22-20(21-3)25-13-11-24(12-14-25)17-7-6-8-18(15-17)27-4;/h6-8,15-16H,5,9-14H2,1-4H3,(H,21,22)(H,23,26);1H. The molecule has 2 rings (SSSR count). The van der Waals surface area contributed by atoms with E-state index in [9.17, 15) is 4.79 Å². The number of anilines is 1. The van der Waals surface area contributed by atoms with Crippen molar-refractivity contribution >= 4 is 41.5 Å². The molecule has 1 atom stereocenters. The van der Waals surface area contributed by atoms with Gasteiger partial charge in [-0.05, 0) is 25.5 Å². The zero-order chi connectivity index (χ0) is 19.6. The van der Waals surface area contributed by atoms with Crippen molar-refractivity contribution < 1.29 is 9.53 Å². The molecular formula is C20H34IN5O2. The summed E-state index contributed by atoms with van der Waals surface area (Å²) in [7, 11) is 3.48. The van der Waals surface area contributed by atoms with E-state index in [4.69, 9.17) is 4.74 Å². The van der Waals surface area contributed by atoms with E-state index in [2.05, 4.69) is 44.5 Å². The number of guanidine groups is 1. The van der Waals surface area contributed by atoms with E-state index in [-0.39, 0.29) is 35.9 Å². The summed E-state index contributed by atoms with van der Waals surface area (Å²) in [6.07, 6.45) is 1.39. The molecule has 28 heavy (non-hydrogen) atoms. The van der Waals surface area contributed by atoms with Crippen LogP contribution in [0.25, 0.3) is 0 Å². The summed E-state index contributed by atoms with van der Waals surface area (Å²) >= 11 is 0. The van der Waals surface area contributed by atoms with Crippen LogP contribution in [-0.4, -0.2) is 69.7 Å². The highest BCUT2D eigenvalue weighted by Crippen LogP contribution is 2.22. The first-order valence-corrected chi connectivity index (χ1v) is 9.71. The van der Waals surface area contributed by atoms with Crippen LogP contribution < -0.4 is 20.3 Å². The molecule has 0 aromatic heterocycles. The van der Waals surface area contributed by atoms with Crippen LogP contribution in [-0.2, 0) is 4.79 Å². The fourth-order valence-corrected chi connectivity index (χ4v) is 3.05. The molecule has 1 amide bonds. The smallest absolute Gasteiger partial charge is 0.221 e. The van der Waals surface area contributed by atoms with Crippen molar-refractivity contribution in [2.45, 2.75) is 32.7 Å². The molecule has 0 spiro atoms. The normalized spacial score (nSPS) is 15.5. The molecule has 1 fully saturated rings. The molecule has 0 radical (unpaired) electrons. The Morgan fingerprint density at radius 3 is 2.61 bits per heavy atom. The van der Waals surface area contributed by atoms with Crippen molar-refractivity contribution in [2.24, 2.45) is 4.99 Å². The highest BCUT2D eigenvalue weighted by Gasteiger charge is 2.20. The summed E-state index contributed by atoms with van der Waals surface area (Å²) in [5.41, 5.74) is 1.18. The van der Waals surface area contributed by atoms with E-state index in [0.29, 0.717) is 13.0 Å². The first-order chi connectivity index (χ1) is 13.1. The van der Waals surface area contributed by atoms with Crippen LogP contribution in [0.1, 0.15) is 26.7 Å². The molecule has 1 aromatic rings. The van der Waals surface area contributed by atoms with Crippen molar-refractivity contribution in [3.63, 3.8) is 0 Å². The van der Waals surface area contributed by atoms with Gasteiger partial charge < -0.3 is 25.2 Å². The Morgan fingerprint density at radius 1 is 1.29 bits per heavy atom. The number of carbonyl (C=O) groups is 1. The monoisotopic (exact) mass is 503 g/mol. The van der Waals surface area contributed by atoms with Gasteiger partial charge in [0, 0.05) is 64.0 Å². The van der Waals surface area contributed by atoms with Gasteiger partial charge in [0.2, 0.25) is 5.91 Å². The third-order valence-corrected chi connectivity index (χ3v) is 4.86. The van der Waals surface area contributed by atoms with Crippen LogP contribution in [0.5, 0.6) is 5.75 Å². The van der Waals surface area contributed by atoms with E-state index in [1.807, 2.05) is 19.1 Å². The molecule has 1 unspecified atom stereocenters. The Bertz CT molecular complexity index is 633. The molecule has 8 heteroatoms. The third kappa shape index (κ3) is 7.37. The molecule has 0 saturated carbocycles. The number of halogens is 1. The number of ether oxygens (including phenoxy) is 1. The van der Waals surface area contributed by atoms with E-state index >= 15 is 0 Å². The molecule has 1 aliphatic rings. The average Bonchev–Trinajstić information content (AvgIpc) is 2.71. The molecule has 158 valence electrons. The fraction of sp³-hybridized carbons (Fsp3) is 0.600. The number of aliphatic imine (C=N–C) groups is 1. The predicted molar refractivity (Wildman–Crippen MR) is 126 cm³/mol. The number of carbonyl (C=O) groups excluding carboxylic acids is 1. The minimum Gasteiger partial charge on any atom is -0.497 e. The summed E-state index contributed by atoms with van der Waals surface area (Å²) < 4.78 is 5.32. The number of methoxy groups -OCH3 is 1. The maximum absolute atomic E-state index is 11.9. The zero-order valence-electron chi connectivity index (χ0n) is 17.4. The van der Waals surface area contributed by atoms with Crippen molar-refractivity contribution in [3.8, 4) is 5.75 Å². The lowest BCUT2D eigenvalue weighted by molar-refractivity contribution is -0.121. The van der Waals surface area contributed by atoms with Crippen LogP contribution in [0.2, 0.25) is 0 Å². The van der Waals surface area contributed by atoms with Gasteiger partial charge in [-0.2, -0.15) is 0 Å². The molecule has 7 nitrogen and oxygen atoms in total. The highest BCUT2D eigenvalue weighted by molar-refractivity contribution is 14.0. The second-order valence-corrected chi connectivity index (χ2v) is 6.78. The maximum atomic E-state index is 11.9.